The second kappa shape index (κ2) is 9.02. The van der Waals surface area contributed by atoms with Gasteiger partial charge in [0.25, 0.3) is 0 Å². The van der Waals surface area contributed by atoms with Crippen LogP contribution in [0, 0.1) is 11.8 Å². The third-order valence-electron chi connectivity index (χ3n) is 6.80. The minimum atomic E-state index is -1.09. The Morgan fingerprint density at radius 3 is 2.89 bits per heavy atom. The van der Waals surface area contributed by atoms with Gasteiger partial charge in [0.15, 0.2) is 0 Å². The molecule has 0 aromatic rings. The normalized spacial score (nSPS) is 47.3. The average molecular weight is 400 g/mol. The molecule has 5 N–H and O–H groups in total. The molecule has 4 rings (SSSR count). The van der Waals surface area contributed by atoms with Gasteiger partial charge in [-0.3, -0.25) is 16.0 Å². The molecule has 0 radical (unpaired) electrons. The fourth-order valence-corrected chi connectivity index (χ4v) is 5.43. The van der Waals surface area contributed by atoms with Crippen molar-refractivity contribution in [2.24, 2.45) is 11.8 Å². The van der Waals surface area contributed by atoms with E-state index in [0.29, 0.717) is 38.1 Å². The zero-order valence-corrected chi connectivity index (χ0v) is 16.9. The minimum Gasteiger partial charge on any atom is -0.377 e. The summed E-state index contributed by atoms with van der Waals surface area (Å²) >= 11 is 0. The van der Waals surface area contributed by atoms with Gasteiger partial charge in [-0.15, -0.1) is 0 Å². The number of rotatable bonds is 4. The molecule has 1 aliphatic carbocycles. The summed E-state index contributed by atoms with van der Waals surface area (Å²) in [6.07, 6.45) is 2.84. The Morgan fingerprint density at radius 2 is 2.07 bits per heavy atom. The zero-order chi connectivity index (χ0) is 19.7. The molecule has 3 fully saturated rings. The molecule has 0 amide bonds. The maximum atomic E-state index is 15.8. The van der Waals surface area contributed by atoms with Crippen LogP contribution in [0.3, 0.4) is 0 Å². The van der Waals surface area contributed by atoms with Crippen molar-refractivity contribution >= 4 is 0 Å². The van der Waals surface area contributed by atoms with E-state index >= 15 is 4.39 Å². The molecule has 160 valence electrons. The quantitative estimate of drug-likeness (QED) is 0.450. The van der Waals surface area contributed by atoms with Gasteiger partial charge in [-0.2, -0.15) is 0 Å². The molecule has 3 aliphatic heterocycles. The standard InChI is InChI=1S/C20H35F2N5O/c1-11-7-16(23-2)27-20(25-11)26-15-9-13-4-6-28-19(13)17(18(15)22)12-3-5-24-10-14(21)8-12/h3,11,13-20,23-27H,4-10H2,1-2H3/t11?,13?,14-,15?,16?,17?,18?,19?,20?/m0/s1. The van der Waals surface area contributed by atoms with Gasteiger partial charge in [-0.05, 0) is 39.2 Å². The highest BCUT2D eigenvalue weighted by Gasteiger charge is 2.50. The smallest absolute Gasteiger partial charge is 0.124 e. The Bertz CT molecular complexity index is 565. The Morgan fingerprint density at radius 1 is 1.21 bits per heavy atom. The average Bonchev–Trinajstić information content (AvgIpc) is 3.01. The fourth-order valence-electron chi connectivity index (χ4n) is 5.43. The summed E-state index contributed by atoms with van der Waals surface area (Å²) in [5, 5.41) is 16.7. The lowest BCUT2D eigenvalue weighted by Gasteiger charge is -2.45. The summed E-state index contributed by atoms with van der Waals surface area (Å²) < 4.78 is 36.0. The Hall–Kier alpha value is -0.640. The third kappa shape index (κ3) is 4.42. The van der Waals surface area contributed by atoms with E-state index in [1.165, 1.54) is 0 Å². The SMILES string of the molecule is CNC1CC(C)NC(NC2CC3CCOC3C(C3=CCNC[C@@H](F)C3)C2F)N1. The van der Waals surface area contributed by atoms with Crippen LogP contribution in [0.1, 0.15) is 32.6 Å². The molecule has 0 aromatic carbocycles. The van der Waals surface area contributed by atoms with Crippen LogP contribution in [-0.2, 0) is 4.74 Å². The van der Waals surface area contributed by atoms with E-state index in [2.05, 4.69) is 33.5 Å². The van der Waals surface area contributed by atoms with Crippen molar-refractivity contribution < 1.29 is 13.5 Å². The zero-order valence-electron chi connectivity index (χ0n) is 16.9. The molecule has 4 aliphatic rings. The number of halogens is 2. The van der Waals surface area contributed by atoms with Crippen molar-refractivity contribution in [3.05, 3.63) is 11.6 Å². The maximum Gasteiger partial charge on any atom is 0.124 e. The van der Waals surface area contributed by atoms with E-state index in [1.807, 2.05) is 13.1 Å². The van der Waals surface area contributed by atoms with Gasteiger partial charge in [-0.25, -0.2) is 8.78 Å². The highest BCUT2D eigenvalue weighted by molar-refractivity contribution is 5.19. The van der Waals surface area contributed by atoms with Gasteiger partial charge in [-0.1, -0.05) is 11.6 Å². The second-order valence-corrected chi connectivity index (χ2v) is 8.85. The molecule has 0 spiro atoms. The van der Waals surface area contributed by atoms with Crippen molar-refractivity contribution in [3.8, 4) is 0 Å². The number of hydrogen-bond donors (Lipinski definition) is 5. The van der Waals surface area contributed by atoms with E-state index < -0.39 is 12.3 Å². The first-order chi connectivity index (χ1) is 13.5. The largest absolute Gasteiger partial charge is 0.377 e. The highest BCUT2D eigenvalue weighted by Crippen LogP contribution is 2.44. The predicted molar refractivity (Wildman–Crippen MR) is 105 cm³/mol. The van der Waals surface area contributed by atoms with E-state index in [9.17, 15) is 4.39 Å². The van der Waals surface area contributed by atoms with Crippen LogP contribution in [0.4, 0.5) is 8.78 Å². The summed E-state index contributed by atoms with van der Waals surface area (Å²) in [5.41, 5.74) is 0.888. The first kappa shape index (κ1) is 20.6. The van der Waals surface area contributed by atoms with Gasteiger partial charge in [0.05, 0.1) is 12.3 Å². The summed E-state index contributed by atoms with van der Waals surface area (Å²) in [7, 11) is 1.93. The molecule has 8 unspecified atom stereocenters. The van der Waals surface area contributed by atoms with Crippen LogP contribution in [0.5, 0.6) is 0 Å². The second-order valence-electron chi connectivity index (χ2n) is 8.85. The summed E-state index contributed by atoms with van der Waals surface area (Å²) in [4.78, 5) is 0. The van der Waals surface area contributed by atoms with Crippen molar-refractivity contribution in [1.82, 2.24) is 26.6 Å². The molecule has 2 saturated heterocycles. The van der Waals surface area contributed by atoms with Crippen molar-refractivity contribution in [2.75, 3.05) is 26.7 Å². The van der Waals surface area contributed by atoms with E-state index in [0.717, 1.165) is 24.8 Å². The monoisotopic (exact) mass is 399 g/mol. The lowest BCUT2D eigenvalue weighted by Crippen LogP contribution is -2.69. The number of hydrogen-bond acceptors (Lipinski definition) is 6. The number of ether oxygens (including phenoxy) is 1. The molecule has 3 heterocycles. The van der Waals surface area contributed by atoms with E-state index in [-0.39, 0.29) is 30.5 Å². The van der Waals surface area contributed by atoms with Gasteiger partial charge in [0.2, 0.25) is 0 Å². The van der Waals surface area contributed by atoms with Crippen LogP contribution in [0.25, 0.3) is 0 Å². The molecule has 0 aromatic heterocycles. The molecule has 6 nitrogen and oxygen atoms in total. The minimum absolute atomic E-state index is 0.124. The van der Waals surface area contributed by atoms with Crippen molar-refractivity contribution in [1.29, 1.82) is 0 Å². The van der Waals surface area contributed by atoms with Crippen LogP contribution in [0.15, 0.2) is 11.6 Å². The van der Waals surface area contributed by atoms with E-state index in [4.69, 9.17) is 4.74 Å². The van der Waals surface area contributed by atoms with E-state index in [1.54, 1.807) is 0 Å². The van der Waals surface area contributed by atoms with Crippen molar-refractivity contribution in [2.45, 2.75) is 75.6 Å². The number of nitrogens with one attached hydrogen (secondary N) is 5. The molecule has 8 heteroatoms. The molecule has 0 bridgehead atoms. The van der Waals surface area contributed by atoms with Gasteiger partial charge in [0, 0.05) is 44.1 Å². The first-order valence-corrected chi connectivity index (χ1v) is 10.8. The Labute approximate surface area is 166 Å². The Balaban J connectivity index is 1.50. The lowest BCUT2D eigenvalue weighted by atomic mass is 9.70. The number of alkyl halides is 2. The van der Waals surface area contributed by atoms with Gasteiger partial charge >= 0.3 is 0 Å². The van der Waals surface area contributed by atoms with Crippen LogP contribution < -0.4 is 26.6 Å². The van der Waals surface area contributed by atoms with Gasteiger partial charge < -0.3 is 15.4 Å². The molecule has 28 heavy (non-hydrogen) atoms. The predicted octanol–water partition coefficient (Wildman–Crippen LogP) is 0.766. The summed E-state index contributed by atoms with van der Waals surface area (Å²) in [6, 6.07) is 0.0510. The maximum absolute atomic E-state index is 15.8. The van der Waals surface area contributed by atoms with Crippen LogP contribution in [0.2, 0.25) is 0 Å². The Kier molecular flexibility index (Phi) is 6.64. The molecular weight excluding hydrogens is 364 g/mol. The third-order valence-corrected chi connectivity index (χ3v) is 6.80. The van der Waals surface area contributed by atoms with Gasteiger partial charge in [0.1, 0.15) is 18.6 Å². The summed E-state index contributed by atoms with van der Waals surface area (Å²) in [6.45, 7) is 3.75. The summed E-state index contributed by atoms with van der Waals surface area (Å²) in [5.74, 6) is -0.0382. The molecular formula is C20H35F2N5O. The highest BCUT2D eigenvalue weighted by atomic mass is 19.1. The van der Waals surface area contributed by atoms with Crippen LogP contribution >= 0.6 is 0 Å². The topological polar surface area (TPSA) is 69.4 Å². The first-order valence-electron chi connectivity index (χ1n) is 10.8. The van der Waals surface area contributed by atoms with Crippen molar-refractivity contribution in [3.63, 3.8) is 0 Å². The van der Waals surface area contributed by atoms with Crippen LogP contribution in [-0.4, -0.2) is 69.7 Å². The molecule has 1 saturated carbocycles. The number of fused-ring (bicyclic) bond motifs is 1. The molecule has 9 atom stereocenters. The lowest BCUT2D eigenvalue weighted by molar-refractivity contribution is -0.0269. The fraction of sp³-hybridized carbons (Fsp3) is 0.900.